The summed E-state index contributed by atoms with van der Waals surface area (Å²) in [6.07, 6.45) is 1.70. The quantitative estimate of drug-likeness (QED) is 0.541. The molecule has 0 radical (unpaired) electrons. The molecule has 8 heteroatoms. The number of rotatable bonds is 3. The van der Waals surface area contributed by atoms with E-state index in [1.807, 2.05) is 33.0 Å². The van der Waals surface area contributed by atoms with E-state index in [0.29, 0.717) is 34.6 Å². The van der Waals surface area contributed by atoms with Crippen molar-refractivity contribution in [3.63, 3.8) is 0 Å². The first-order valence-electron chi connectivity index (χ1n) is 10.1. The Morgan fingerprint density at radius 2 is 2.07 bits per heavy atom. The van der Waals surface area contributed by atoms with Crippen molar-refractivity contribution in [1.29, 1.82) is 0 Å². The first kappa shape index (κ1) is 22.1. The number of nitrogens with one attached hydrogen (secondary N) is 2. The maximum atomic E-state index is 13.3. The first-order valence-corrected chi connectivity index (χ1v) is 10.7. The van der Waals surface area contributed by atoms with E-state index in [1.165, 1.54) is 12.1 Å². The fourth-order valence-electron chi connectivity index (χ4n) is 3.49. The fourth-order valence-corrected chi connectivity index (χ4v) is 3.71. The number of carbonyl (C=O) groups is 1. The Labute approximate surface area is 181 Å². The second-order valence-corrected chi connectivity index (χ2v) is 7.11. The Balaban J connectivity index is 0.00000124. The average Bonchev–Trinajstić information content (AvgIpc) is 3.07. The van der Waals surface area contributed by atoms with Crippen molar-refractivity contribution in [1.82, 2.24) is 14.9 Å². The van der Waals surface area contributed by atoms with Crippen LogP contribution in [0.2, 0.25) is 0 Å². The number of anilines is 1. The molecule has 0 fully saturated rings. The van der Waals surface area contributed by atoms with Crippen molar-refractivity contribution in [3.05, 3.63) is 53.5 Å². The molecule has 1 aliphatic heterocycles. The van der Waals surface area contributed by atoms with Gasteiger partial charge in [0.1, 0.15) is 11.5 Å². The van der Waals surface area contributed by atoms with Gasteiger partial charge in [-0.1, -0.05) is 13.8 Å². The molecule has 2 N–H and O–H groups in total. The normalized spacial score (nSPS) is 17.9. The minimum Gasteiger partial charge on any atom is -0.381 e. The molecule has 1 amide bonds. The van der Waals surface area contributed by atoms with E-state index < -0.39 is 0 Å². The number of carbonyl (C=O) groups excluding carboxylic acids is 1. The largest absolute Gasteiger partial charge is 0.381 e. The van der Waals surface area contributed by atoms with Crippen LogP contribution in [0.15, 0.2) is 36.5 Å². The minimum atomic E-state index is -0.338. The lowest BCUT2D eigenvalue weighted by Gasteiger charge is -2.17. The number of hydrogen-bond donors (Lipinski definition) is 3. The van der Waals surface area contributed by atoms with E-state index in [-0.39, 0.29) is 23.9 Å². The van der Waals surface area contributed by atoms with E-state index >= 15 is 0 Å². The number of halogens is 1. The summed E-state index contributed by atoms with van der Waals surface area (Å²) in [5.74, 6) is 0.0213. The molecule has 0 bridgehead atoms. The Bertz CT molecular complexity index is 1040. The van der Waals surface area contributed by atoms with Gasteiger partial charge in [-0.3, -0.25) is 4.79 Å². The predicted molar refractivity (Wildman–Crippen MR) is 121 cm³/mol. The monoisotopic (exact) mass is 430 g/mol. The number of fused-ring (bicyclic) bond motifs is 2. The van der Waals surface area contributed by atoms with Gasteiger partial charge in [-0.15, -0.1) is 0 Å². The molecule has 0 saturated carbocycles. The molecule has 2 aromatic heterocycles. The molecular formula is C22H27FN4O2S. The first-order chi connectivity index (χ1) is 14.5. The van der Waals surface area contributed by atoms with E-state index in [2.05, 4.69) is 28.4 Å². The van der Waals surface area contributed by atoms with Gasteiger partial charge in [0.2, 0.25) is 0 Å². The molecule has 2 atom stereocenters. The fraction of sp³-hybridized carbons (Fsp3) is 0.364. The lowest BCUT2D eigenvalue weighted by Crippen LogP contribution is -2.23. The molecule has 1 aliphatic rings. The maximum absolute atomic E-state index is 13.3. The number of hydrogen-bond acceptors (Lipinski definition) is 5. The molecule has 30 heavy (non-hydrogen) atoms. The van der Waals surface area contributed by atoms with Crippen molar-refractivity contribution in [2.75, 3.05) is 24.7 Å². The summed E-state index contributed by atoms with van der Waals surface area (Å²) in [4.78, 5) is 12.7. The van der Waals surface area contributed by atoms with Crippen molar-refractivity contribution in [3.8, 4) is 11.3 Å². The summed E-state index contributed by atoms with van der Waals surface area (Å²) in [6.45, 7) is 6.62. The minimum absolute atomic E-state index is 0.00811. The molecule has 3 heterocycles. The van der Waals surface area contributed by atoms with Gasteiger partial charge < -0.3 is 15.4 Å². The smallest absolute Gasteiger partial charge is 0.255 e. The van der Waals surface area contributed by atoms with Crippen LogP contribution >= 0.6 is 12.6 Å². The van der Waals surface area contributed by atoms with Gasteiger partial charge >= 0.3 is 0 Å². The van der Waals surface area contributed by atoms with Crippen molar-refractivity contribution < 1.29 is 13.9 Å². The van der Waals surface area contributed by atoms with Crippen LogP contribution in [0.25, 0.3) is 16.8 Å². The summed E-state index contributed by atoms with van der Waals surface area (Å²) in [5.41, 5.74) is 4.14. The van der Waals surface area contributed by atoms with Gasteiger partial charge in [0.05, 0.1) is 35.2 Å². The maximum Gasteiger partial charge on any atom is 0.255 e. The lowest BCUT2D eigenvalue weighted by molar-refractivity contribution is 0.0214. The van der Waals surface area contributed by atoms with E-state index in [4.69, 9.17) is 4.74 Å². The molecular weight excluding hydrogens is 403 g/mol. The van der Waals surface area contributed by atoms with Crippen molar-refractivity contribution in [2.24, 2.45) is 0 Å². The molecule has 0 aliphatic carbocycles. The molecule has 0 spiro atoms. The van der Waals surface area contributed by atoms with Crippen LogP contribution in [0.1, 0.15) is 42.8 Å². The zero-order valence-corrected chi connectivity index (χ0v) is 18.5. The second-order valence-electron chi connectivity index (χ2n) is 6.75. The van der Waals surface area contributed by atoms with Crippen LogP contribution in [0.5, 0.6) is 0 Å². The standard InChI is InChI=1S/C20H21FN4O2S.C2H6/c1-11-15-7-17-18(20(26)22-2)19(12-3-5-13(21)6-4-12)24-25(17)9-16(15)23-8-14(10-28)27-11;1-2/h3-7,9,11,14,23,28H,8,10H2,1-2H3,(H,22,26);1-2H3. The Morgan fingerprint density at radius 3 is 2.70 bits per heavy atom. The second kappa shape index (κ2) is 9.49. The molecule has 160 valence electrons. The summed E-state index contributed by atoms with van der Waals surface area (Å²) >= 11 is 4.34. The highest BCUT2D eigenvalue weighted by Crippen LogP contribution is 2.34. The van der Waals surface area contributed by atoms with Crippen molar-refractivity contribution >= 4 is 29.7 Å². The van der Waals surface area contributed by atoms with Crippen LogP contribution in [-0.2, 0) is 4.74 Å². The molecule has 2 unspecified atom stereocenters. The highest BCUT2D eigenvalue weighted by Gasteiger charge is 2.26. The predicted octanol–water partition coefficient (Wildman–Crippen LogP) is 4.33. The SMILES string of the molecule is CC.CNC(=O)c1c(-c2ccc(F)cc2)nn2cc3c(cc12)C(C)OC(CS)CN3. The highest BCUT2D eigenvalue weighted by molar-refractivity contribution is 7.80. The van der Waals surface area contributed by atoms with E-state index in [0.717, 1.165) is 11.3 Å². The van der Waals surface area contributed by atoms with Gasteiger partial charge in [0, 0.05) is 30.5 Å². The number of ether oxygens (including phenoxy) is 1. The number of thiol groups is 1. The third kappa shape index (κ3) is 4.15. The zero-order chi connectivity index (χ0) is 21.8. The third-order valence-corrected chi connectivity index (χ3v) is 5.34. The summed E-state index contributed by atoms with van der Waals surface area (Å²) < 4.78 is 21.1. The van der Waals surface area contributed by atoms with E-state index in [9.17, 15) is 9.18 Å². The topological polar surface area (TPSA) is 67.7 Å². The number of aromatic nitrogens is 2. The van der Waals surface area contributed by atoms with Gasteiger partial charge in [0.25, 0.3) is 5.91 Å². The van der Waals surface area contributed by atoms with Crippen LogP contribution < -0.4 is 10.6 Å². The summed E-state index contributed by atoms with van der Waals surface area (Å²) in [6, 6.07) is 7.89. The number of nitrogens with zero attached hydrogens (tertiary/aromatic N) is 2. The van der Waals surface area contributed by atoms with Crippen LogP contribution in [-0.4, -0.2) is 41.0 Å². The number of benzene rings is 1. The molecule has 3 aromatic rings. The molecule has 0 saturated heterocycles. The number of pyridine rings is 1. The van der Waals surface area contributed by atoms with E-state index in [1.54, 1.807) is 23.7 Å². The number of amides is 1. The zero-order valence-electron chi connectivity index (χ0n) is 17.6. The van der Waals surface area contributed by atoms with Crippen molar-refractivity contribution in [2.45, 2.75) is 33.0 Å². The summed E-state index contributed by atoms with van der Waals surface area (Å²) in [7, 11) is 1.58. The van der Waals surface area contributed by atoms with Gasteiger partial charge in [-0.2, -0.15) is 17.7 Å². The Morgan fingerprint density at radius 1 is 1.37 bits per heavy atom. The lowest BCUT2D eigenvalue weighted by atomic mass is 10.0. The molecule has 1 aromatic carbocycles. The average molecular weight is 431 g/mol. The van der Waals surface area contributed by atoms with Gasteiger partial charge in [-0.25, -0.2) is 8.91 Å². The highest BCUT2D eigenvalue weighted by atomic mass is 32.1. The van der Waals surface area contributed by atoms with Gasteiger partial charge in [-0.05, 0) is 37.3 Å². The van der Waals surface area contributed by atoms with Crippen LogP contribution in [0.3, 0.4) is 0 Å². The molecule has 6 nitrogen and oxygen atoms in total. The van der Waals surface area contributed by atoms with Crippen LogP contribution in [0.4, 0.5) is 10.1 Å². The third-order valence-electron chi connectivity index (χ3n) is 4.93. The summed E-state index contributed by atoms with van der Waals surface area (Å²) in [5, 5.41) is 10.7. The molecule has 4 rings (SSSR count). The Kier molecular flexibility index (Phi) is 6.99. The Hall–Kier alpha value is -2.58. The van der Waals surface area contributed by atoms with Gasteiger partial charge in [0.15, 0.2) is 0 Å². The van der Waals surface area contributed by atoms with Crippen LogP contribution in [0, 0.1) is 5.82 Å².